The molecule has 2 N–H and O–H groups in total. The van der Waals surface area contributed by atoms with Crippen molar-refractivity contribution >= 4 is 15.9 Å². The molecule has 1 aliphatic heterocycles. The van der Waals surface area contributed by atoms with E-state index in [-0.39, 0.29) is 16.6 Å². The number of furan rings is 1. The third-order valence-electron chi connectivity index (χ3n) is 3.83. The Balaban J connectivity index is 1.71. The quantitative estimate of drug-likeness (QED) is 0.838. The maximum Gasteiger partial charge on any atom is 0.268 e. The van der Waals surface area contributed by atoms with E-state index in [1.165, 1.54) is 22.8 Å². The molecule has 0 aromatic carbocycles. The standard InChI is InChI=1S/C15H19N3O5S/c1-11(14-3-2-6-23-14)17-15(19)13-9-12(10-16-13)24(20,21)18-4-7-22-8-5-18/h2-3,6,9-11,16H,4-5,7-8H2,1H3,(H,17,19). The highest BCUT2D eigenvalue weighted by atomic mass is 32.2. The van der Waals surface area contributed by atoms with Crippen LogP contribution in [0.2, 0.25) is 0 Å². The molecule has 1 atom stereocenters. The Morgan fingerprint density at radius 2 is 2.12 bits per heavy atom. The van der Waals surface area contributed by atoms with Crippen LogP contribution in [-0.4, -0.2) is 49.9 Å². The Kier molecular flexibility index (Phi) is 4.74. The molecule has 1 unspecified atom stereocenters. The van der Waals surface area contributed by atoms with Gasteiger partial charge in [0.25, 0.3) is 5.91 Å². The summed E-state index contributed by atoms with van der Waals surface area (Å²) in [5, 5.41) is 2.75. The van der Waals surface area contributed by atoms with E-state index in [2.05, 4.69) is 10.3 Å². The van der Waals surface area contributed by atoms with E-state index in [9.17, 15) is 13.2 Å². The van der Waals surface area contributed by atoms with Gasteiger partial charge in [0.05, 0.1) is 25.5 Å². The van der Waals surface area contributed by atoms with E-state index in [0.717, 1.165) is 0 Å². The fourth-order valence-corrected chi connectivity index (χ4v) is 3.88. The zero-order valence-electron chi connectivity index (χ0n) is 13.2. The first-order chi connectivity index (χ1) is 11.5. The number of nitrogens with one attached hydrogen (secondary N) is 2. The summed E-state index contributed by atoms with van der Waals surface area (Å²) < 4.78 is 36.8. The Labute approximate surface area is 139 Å². The van der Waals surface area contributed by atoms with Crippen LogP contribution in [0.25, 0.3) is 0 Å². The van der Waals surface area contributed by atoms with Crippen LogP contribution in [0.5, 0.6) is 0 Å². The average molecular weight is 353 g/mol. The number of hydrogen-bond acceptors (Lipinski definition) is 5. The topological polar surface area (TPSA) is 105 Å². The summed E-state index contributed by atoms with van der Waals surface area (Å²) in [6.07, 6.45) is 2.86. The summed E-state index contributed by atoms with van der Waals surface area (Å²) in [6, 6.07) is 4.51. The number of H-pyrrole nitrogens is 1. The molecule has 8 nitrogen and oxygen atoms in total. The molecule has 2 aromatic heterocycles. The number of carbonyl (C=O) groups is 1. The molecule has 1 saturated heterocycles. The molecule has 130 valence electrons. The molecular formula is C15H19N3O5S. The maximum absolute atomic E-state index is 12.5. The monoisotopic (exact) mass is 353 g/mol. The SMILES string of the molecule is CC(NC(=O)c1cc(S(=O)(=O)N2CCOCC2)c[nH]1)c1ccco1. The van der Waals surface area contributed by atoms with Crippen LogP contribution in [-0.2, 0) is 14.8 Å². The second-order valence-electron chi connectivity index (χ2n) is 5.48. The number of carbonyl (C=O) groups excluding carboxylic acids is 1. The third-order valence-corrected chi connectivity index (χ3v) is 5.70. The van der Waals surface area contributed by atoms with Crippen molar-refractivity contribution in [2.75, 3.05) is 26.3 Å². The van der Waals surface area contributed by atoms with E-state index in [0.29, 0.717) is 32.1 Å². The molecule has 0 spiro atoms. The van der Waals surface area contributed by atoms with Crippen LogP contribution in [0.1, 0.15) is 29.2 Å². The highest BCUT2D eigenvalue weighted by molar-refractivity contribution is 7.89. The van der Waals surface area contributed by atoms with Gasteiger partial charge in [0.15, 0.2) is 0 Å². The fourth-order valence-electron chi connectivity index (χ4n) is 2.47. The van der Waals surface area contributed by atoms with Gasteiger partial charge >= 0.3 is 0 Å². The highest BCUT2D eigenvalue weighted by Crippen LogP contribution is 2.19. The van der Waals surface area contributed by atoms with Gasteiger partial charge in [0.1, 0.15) is 16.3 Å². The van der Waals surface area contributed by atoms with Crippen LogP contribution in [0.15, 0.2) is 40.0 Å². The minimum absolute atomic E-state index is 0.0696. The van der Waals surface area contributed by atoms with Crippen molar-refractivity contribution in [3.05, 3.63) is 42.1 Å². The van der Waals surface area contributed by atoms with Crippen molar-refractivity contribution in [2.45, 2.75) is 17.9 Å². The predicted octanol–water partition coefficient (Wildman–Crippen LogP) is 1.12. The molecule has 2 aromatic rings. The minimum atomic E-state index is -3.62. The lowest BCUT2D eigenvalue weighted by molar-refractivity contribution is 0.0730. The van der Waals surface area contributed by atoms with E-state index in [1.807, 2.05) is 0 Å². The zero-order chi connectivity index (χ0) is 17.2. The number of ether oxygens (including phenoxy) is 1. The molecular weight excluding hydrogens is 334 g/mol. The molecule has 9 heteroatoms. The van der Waals surface area contributed by atoms with Crippen molar-refractivity contribution in [3.8, 4) is 0 Å². The highest BCUT2D eigenvalue weighted by Gasteiger charge is 2.28. The molecule has 3 heterocycles. The van der Waals surface area contributed by atoms with Crippen molar-refractivity contribution < 1.29 is 22.4 Å². The van der Waals surface area contributed by atoms with Crippen LogP contribution in [0.4, 0.5) is 0 Å². The van der Waals surface area contributed by atoms with Crippen LogP contribution in [0, 0.1) is 0 Å². The second-order valence-corrected chi connectivity index (χ2v) is 7.41. The van der Waals surface area contributed by atoms with Crippen molar-refractivity contribution in [2.24, 2.45) is 0 Å². The molecule has 1 fully saturated rings. The normalized spacial score (nSPS) is 17.5. The number of aromatic nitrogens is 1. The Bertz CT molecular complexity index is 791. The van der Waals surface area contributed by atoms with Crippen molar-refractivity contribution in [3.63, 3.8) is 0 Å². The van der Waals surface area contributed by atoms with Gasteiger partial charge in [0.2, 0.25) is 10.0 Å². The summed E-state index contributed by atoms with van der Waals surface area (Å²) >= 11 is 0. The predicted molar refractivity (Wildman–Crippen MR) is 85.0 cm³/mol. The lowest BCUT2D eigenvalue weighted by Crippen LogP contribution is -2.40. The fraction of sp³-hybridized carbons (Fsp3) is 0.400. The molecule has 0 aliphatic carbocycles. The Morgan fingerprint density at radius 3 is 2.79 bits per heavy atom. The lowest BCUT2D eigenvalue weighted by atomic mass is 10.2. The number of morpholine rings is 1. The van der Waals surface area contributed by atoms with Gasteiger partial charge in [-0.2, -0.15) is 4.31 Å². The average Bonchev–Trinajstić information content (AvgIpc) is 3.27. The summed E-state index contributed by atoms with van der Waals surface area (Å²) in [5.41, 5.74) is 0.181. The number of nitrogens with zero attached hydrogens (tertiary/aromatic N) is 1. The van der Waals surface area contributed by atoms with Gasteiger partial charge in [0, 0.05) is 19.3 Å². The molecule has 0 saturated carbocycles. The Morgan fingerprint density at radius 1 is 1.38 bits per heavy atom. The molecule has 1 aliphatic rings. The van der Waals surface area contributed by atoms with Gasteiger partial charge in [-0.1, -0.05) is 0 Å². The van der Waals surface area contributed by atoms with Gasteiger partial charge < -0.3 is 19.5 Å². The smallest absolute Gasteiger partial charge is 0.268 e. The van der Waals surface area contributed by atoms with Gasteiger partial charge in [-0.25, -0.2) is 8.42 Å². The molecule has 0 radical (unpaired) electrons. The zero-order valence-corrected chi connectivity index (χ0v) is 14.0. The number of hydrogen-bond donors (Lipinski definition) is 2. The van der Waals surface area contributed by atoms with Crippen LogP contribution >= 0.6 is 0 Å². The lowest BCUT2D eigenvalue weighted by Gasteiger charge is -2.25. The number of rotatable bonds is 5. The summed E-state index contributed by atoms with van der Waals surface area (Å²) in [5.74, 6) is 0.221. The van der Waals surface area contributed by atoms with E-state index in [1.54, 1.807) is 19.1 Å². The Hall–Kier alpha value is -2.10. The number of sulfonamides is 1. The van der Waals surface area contributed by atoms with Crippen LogP contribution < -0.4 is 5.32 Å². The summed E-state index contributed by atoms with van der Waals surface area (Å²) in [6.45, 7) is 3.15. The second kappa shape index (κ2) is 6.80. The molecule has 24 heavy (non-hydrogen) atoms. The molecule has 0 bridgehead atoms. The van der Waals surface area contributed by atoms with E-state index < -0.39 is 15.9 Å². The summed E-state index contributed by atoms with van der Waals surface area (Å²) in [4.78, 5) is 15.0. The van der Waals surface area contributed by atoms with Gasteiger partial charge in [-0.3, -0.25) is 4.79 Å². The van der Waals surface area contributed by atoms with Crippen LogP contribution in [0.3, 0.4) is 0 Å². The minimum Gasteiger partial charge on any atom is -0.467 e. The van der Waals surface area contributed by atoms with Crippen molar-refractivity contribution in [1.82, 2.24) is 14.6 Å². The maximum atomic E-state index is 12.5. The number of amides is 1. The molecule has 1 amide bonds. The summed E-state index contributed by atoms with van der Waals surface area (Å²) in [7, 11) is -3.62. The van der Waals surface area contributed by atoms with Gasteiger partial charge in [-0.15, -0.1) is 0 Å². The van der Waals surface area contributed by atoms with Crippen molar-refractivity contribution in [1.29, 1.82) is 0 Å². The third kappa shape index (κ3) is 3.37. The first-order valence-electron chi connectivity index (χ1n) is 7.59. The number of aromatic amines is 1. The van der Waals surface area contributed by atoms with E-state index in [4.69, 9.17) is 9.15 Å². The molecule has 3 rings (SSSR count). The largest absolute Gasteiger partial charge is 0.467 e. The first kappa shape index (κ1) is 16.7. The first-order valence-corrected chi connectivity index (χ1v) is 9.03. The van der Waals surface area contributed by atoms with E-state index >= 15 is 0 Å². The van der Waals surface area contributed by atoms with Gasteiger partial charge in [-0.05, 0) is 25.1 Å².